The molecule has 1 aromatic heterocycles. The SMILES string of the molecule is COC(=O)c1ccc(CN2CCC(O)CC2)nc1. The van der Waals surface area contributed by atoms with Crippen molar-refractivity contribution in [2.24, 2.45) is 0 Å². The van der Waals surface area contributed by atoms with Gasteiger partial charge in [0.1, 0.15) is 0 Å². The monoisotopic (exact) mass is 250 g/mol. The van der Waals surface area contributed by atoms with E-state index in [1.54, 1.807) is 12.3 Å². The average molecular weight is 250 g/mol. The highest BCUT2D eigenvalue weighted by Crippen LogP contribution is 2.13. The van der Waals surface area contributed by atoms with Gasteiger partial charge in [-0.25, -0.2) is 4.79 Å². The molecule has 0 spiro atoms. The third kappa shape index (κ3) is 3.27. The number of aliphatic hydroxyl groups excluding tert-OH is 1. The molecule has 2 heterocycles. The van der Waals surface area contributed by atoms with Gasteiger partial charge in [0.15, 0.2) is 0 Å². The number of nitrogens with zero attached hydrogens (tertiary/aromatic N) is 2. The maximum Gasteiger partial charge on any atom is 0.339 e. The van der Waals surface area contributed by atoms with Crippen molar-refractivity contribution in [3.8, 4) is 0 Å². The Morgan fingerprint density at radius 1 is 1.50 bits per heavy atom. The molecule has 1 aliphatic heterocycles. The van der Waals surface area contributed by atoms with E-state index in [2.05, 4.69) is 14.6 Å². The Kier molecular flexibility index (Phi) is 4.28. The molecule has 98 valence electrons. The van der Waals surface area contributed by atoms with E-state index in [4.69, 9.17) is 0 Å². The second-order valence-electron chi connectivity index (χ2n) is 4.54. The summed E-state index contributed by atoms with van der Waals surface area (Å²) in [4.78, 5) is 17.8. The molecule has 0 saturated carbocycles. The molecule has 1 N–H and O–H groups in total. The topological polar surface area (TPSA) is 62.7 Å². The zero-order valence-corrected chi connectivity index (χ0v) is 10.5. The number of aliphatic hydroxyl groups is 1. The summed E-state index contributed by atoms with van der Waals surface area (Å²) < 4.78 is 4.62. The fraction of sp³-hybridized carbons (Fsp3) is 0.538. The summed E-state index contributed by atoms with van der Waals surface area (Å²) in [6.45, 7) is 2.54. The number of hydrogen-bond donors (Lipinski definition) is 1. The molecule has 1 aliphatic rings. The summed E-state index contributed by atoms with van der Waals surface area (Å²) >= 11 is 0. The van der Waals surface area contributed by atoms with Gasteiger partial charge in [-0.05, 0) is 25.0 Å². The first-order chi connectivity index (χ1) is 8.69. The van der Waals surface area contributed by atoms with E-state index in [-0.39, 0.29) is 12.1 Å². The number of likely N-dealkylation sites (tertiary alicyclic amines) is 1. The highest BCUT2D eigenvalue weighted by Gasteiger charge is 2.17. The number of esters is 1. The molecule has 0 aliphatic carbocycles. The Labute approximate surface area is 106 Å². The minimum atomic E-state index is -0.366. The van der Waals surface area contributed by atoms with Crippen molar-refractivity contribution in [3.63, 3.8) is 0 Å². The Hall–Kier alpha value is -1.46. The van der Waals surface area contributed by atoms with E-state index in [0.717, 1.165) is 38.2 Å². The molecule has 18 heavy (non-hydrogen) atoms. The van der Waals surface area contributed by atoms with E-state index in [1.165, 1.54) is 7.11 Å². The van der Waals surface area contributed by atoms with Crippen molar-refractivity contribution in [1.82, 2.24) is 9.88 Å². The molecule has 5 nitrogen and oxygen atoms in total. The van der Waals surface area contributed by atoms with E-state index in [1.807, 2.05) is 6.07 Å². The summed E-state index contributed by atoms with van der Waals surface area (Å²) in [6.07, 6.45) is 3.02. The van der Waals surface area contributed by atoms with Crippen LogP contribution in [0.2, 0.25) is 0 Å². The third-order valence-electron chi connectivity index (χ3n) is 3.19. The van der Waals surface area contributed by atoms with Gasteiger partial charge < -0.3 is 9.84 Å². The Morgan fingerprint density at radius 3 is 2.78 bits per heavy atom. The molecule has 0 atom stereocenters. The summed E-state index contributed by atoms with van der Waals surface area (Å²) in [5.41, 5.74) is 1.40. The number of hydrogen-bond acceptors (Lipinski definition) is 5. The van der Waals surface area contributed by atoms with Crippen molar-refractivity contribution in [2.75, 3.05) is 20.2 Å². The number of pyridine rings is 1. The first-order valence-electron chi connectivity index (χ1n) is 6.12. The normalized spacial score (nSPS) is 17.7. The lowest BCUT2D eigenvalue weighted by atomic mass is 10.1. The molecule has 0 amide bonds. The number of aromatic nitrogens is 1. The predicted molar refractivity (Wildman–Crippen MR) is 66.1 cm³/mol. The predicted octanol–water partition coefficient (Wildman–Crippen LogP) is 0.825. The molecule has 5 heteroatoms. The summed E-state index contributed by atoms with van der Waals surface area (Å²) in [5.74, 6) is -0.366. The van der Waals surface area contributed by atoms with Gasteiger partial charge in [-0.1, -0.05) is 0 Å². The molecular weight excluding hydrogens is 232 g/mol. The minimum Gasteiger partial charge on any atom is -0.465 e. The van der Waals surface area contributed by atoms with Gasteiger partial charge in [-0.3, -0.25) is 9.88 Å². The van der Waals surface area contributed by atoms with Crippen LogP contribution in [-0.4, -0.2) is 47.3 Å². The summed E-state index contributed by atoms with van der Waals surface area (Å²) in [6, 6.07) is 3.57. The van der Waals surface area contributed by atoms with Gasteiger partial charge in [-0.15, -0.1) is 0 Å². The van der Waals surface area contributed by atoms with Gasteiger partial charge in [0.25, 0.3) is 0 Å². The van der Waals surface area contributed by atoms with Crippen molar-refractivity contribution in [2.45, 2.75) is 25.5 Å². The smallest absolute Gasteiger partial charge is 0.339 e. The van der Waals surface area contributed by atoms with Crippen molar-refractivity contribution >= 4 is 5.97 Å². The zero-order valence-electron chi connectivity index (χ0n) is 10.5. The van der Waals surface area contributed by atoms with Gasteiger partial charge in [-0.2, -0.15) is 0 Å². The second kappa shape index (κ2) is 5.93. The van der Waals surface area contributed by atoms with Gasteiger partial charge in [0.2, 0.25) is 0 Å². The fourth-order valence-corrected chi connectivity index (χ4v) is 2.06. The average Bonchev–Trinajstić information content (AvgIpc) is 2.41. The fourth-order valence-electron chi connectivity index (χ4n) is 2.06. The number of carbonyl (C=O) groups excluding carboxylic acids is 1. The van der Waals surface area contributed by atoms with Gasteiger partial charge >= 0.3 is 5.97 Å². The van der Waals surface area contributed by atoms with Crippen molar-refractivity contribution in [1.29, 1.82) is 0 Å². The van der Waals surface area contributed by atoms with E-state index < -0.39 is 0 Å². The van der Waals surface area contributed by atoms with Crippen LogP contribution < -0.4 is 0 Å². The van der Waals surface area contributed by atoms with Crippen molar-refractivity contribution < 1.29 is 14.6 Å². The molecule has 1 fully saturated rings. The highest BCUT2D eigenvalue weighted by atomic mass is 16.5. The lowest BCUT2D eigenvalue weighted by molar-refractivity contribution is 0.0599. The number of piperidine rings is 1. The number of carbonyl (C=O) groups is 1. The van der Waals surface area contributed by atoms with Crippen LogP contribution >= 0.6 is 0 Å². The number of methoxy groups -OCH3 is 1. The molecule has 0 aromatic carbocycles. The van der Waals surface area contributed by atoms with Crippen LogP contribution in [0.25, 0.3) is 0 Å². The Morgan fingerprint density at radius 2 is 2.22 bits per heavy atom. The molecule has 0 radical (unpaired) electrons. The van der Waals surface area contributed by atoms with E-state index in [9.17, 15) is 9.90 Å². The zero-order chi connectivity index (χ0) is 13.0. The molecular formula is C13H18N2O3. The molecule has 1 saturated heterocycles. The summed E-state index contributed by atoms with van der Waals surface area (Å²) in [5, 5.41) is 9.42. The Balaban J connectivity index is 1.92. The van der Waals surface area contributed by atoms with Crippen LogP contribution in [0, 0.1) is 0 Å². The number of rotatable bonds is 3. The number of ether oxygens (including phenoxy) is 1. The van der Waals surface area contributed by atoms with Crippen LogP contribution in [0.5, 0.6) is 0 Å². The van der Waals surface area contributed by atoms with Crippen molar-refractivity contribution in [3.05, 3.63) is 29.6 Å². The maximum absolute atomic E-state index is 11.3. The van der Waals surface area contributed by atoms with Crippen LogP contribution in [0.1, 0.15) is 28.9 Å². The molecule has 0 bridgehead atoms. The standard InChI is InChI=1S/C13H18N2O3/c1-18-13(17)10-2-3-11(14-8-10)9-15-6-4-12(16)5-7-15/h2-3,8,12,16H,4-7,9H2,1H3. The Bertz CT molecular complexity index is 397. The highest BCUT2D eigenvalue weighted by molar-refractivity contribution is 5.88. The van der Waals surface area contributed by atoms with Gasteiger partial charge in [0, 0.05) is 25.8 Å². The first-order valence-corrected chi connectivity index (χ1v) is 6.12. The maximum atomic E-state index is 11.3. The van der Waals surface area contributed by atoms with Gasteiger partial charge in [0.05, 0.1) is 24.5 Å². The summed E-state index contributed by atoms with van der Waals surface area (Å²) in [7, 11) is 1.36. The van der Waals surface area contributed by atoms with Crippen LogP contribution in [0.4, 0.5) is 0 Å². The second-order valence-corrected chi connectivity index (χ2v) is 4.54. The largest absolute Gasteiger partial charge is 0.465 e. The minimum absolute atomic E-state index is 0.157. The lowest BCUT2D eigenvalue weighted by Gasteiger charge is -2.29. The quantitative estimate of drug-likeness (QED) is 0.805. The molecule has 2 rings (SSSR count). The van der Waals surface area contributed by atoms with Crippen LogP contribution in [0.15, 0.2) is 18.3 Å². The lowest BCUT2D eigenvalue weighted by Crippen LogP contribution is -2.35. The van der Waals surface area contributed by atoms with E-state index >= 15 is 0 Å². The van der Waals surface area contributed by atoms with Crippen LogP contribution in [-0.2, 0) is 11.3 Å². The third-order valence-corrected chi connectivity index (χ3v) is 3.19. The molecule has 0 unspecified atom stereocenters. The van der Waals surface area contributed by atoms with E-state index in [0.29, 0.717) is 5.56 Å². The first kappa shape index (κ1) is 13.0. The van der Waals surface area contributed by atoms with Crippen LogP contribution in [0.3, 0.4) is 0 Å². The molecule has 1 aromatic rings.